The van der Waals surface area contributed by atoms with Gasteiger partial charge in [-0.1, -0.05) is 37.1 Å². The van der Waals surface area contributed by atoms with Crippen LogP contribution in [0.3, 0.4) is 0 Å². The van der Waals surface area contributed by atoms with Gasteiger partial charge in [0.1, 0.15) is 0 Å². The molecule has 3 rings (SSSR count). The number of benzene rings is 2. The van der Waals surface area contributed by atoms with E-state index in [4.69, 9.17) is 4.74 Å². The van der Waals surface area contributed by atoms with Gasteiger partial charge in [0.25, 0.3) is 0 Å². The number of phenolic OH excluding ortho intramolecular Hbond substituents is 1. The largest absolute Gasteiger partial charge is 0.504 e. The summed E-state index contributed by atoms with van der Waals surface area (Å²) in [5.74, 6) is 1.70. The molecule has 0 bridgehead atoms. The maximum absolute atomic E-state index is 9.86. The molecule has 1 aliphatic carbocycles. The van der Waals surface area contributed by atoms with E-state index in [1.165, 1.54) is 12.8 Å². The lowest BCUT2D eigenvalue weighted by molar-refractivity contribution is 0.287. The van der Waals surface area contributed by atoms with Gasteiger partial charge in [0.15, 0.2) is 11.5 Å². The van der Waals surface area contributed by atoms with E-state index >= 15 is 0 Å². The summed E-state index contributed by atoms with van der Waals surface area (Å²) in [4.78, 5) is 0. The lowest BCUT2D eigenvalue weighted by Gasteiger charge is -2.09. The van der Waals surface area contributed by atoms with Crippen LogP contribution in [0.1, 0.15) is 19.3 Å². The van der Waals surface area contributed by atoms with E-state index in [1.54, 1.807) is 6.07 Å². The molecule has 17 heavy (non-hydrogen) atoms. The van der Waals surface area contributed by atoms with Crippen LogP contribution in [-0.2, 0) is 0 Å². The van der Waals surface area contributed by atoms with E-state index in [9.17, 15) is 5.11 Å². The van der Waals surface area contributed by atoms with E-state index in [0.717, 1.165) is 23.1 Å². The van der Waals surface area contributed by atoms with Crippen LogP contribution in [0.5, 0.6) is 11.5 Å². The van der Waals surface area contributed by atoms with Crippen molar-refractivity contribution in [2.45, 2.75) is 19.3 Å². The Balaban J connectivity index is 1.79. The lowest BCUT2D eigenvalue weighted by atomic mass is 10.1. The number of fused-ring (bicyclic) bond motifs is 1. The van der Waals surface area contributed by atoms with E-state index < -0.39 is 0 Å². The topological polar surface area (TPSA) is 29.5 Å². The number of aromatic hydroxyl groups is 1. The Morgan fingerprint density at radius 1 is 1.12 bits per heavy atom. The van der Waals surface area contributed by atoms with Gasteiger partial charge in [-0.3, -0.25) is 0 Å². The maximum Gasteiger partial charge on any atom is 0.161 e. The molecular formula is C15H16O2. The molecule has 0 aliphatic heterocycles. The summed E-state index contributed by atoms with van der Waals surface area (Å²) in [5, 5.41) is 12.0. The van der Waals surface area contributed by atoms with Crippen LogP contribution in [0.4, 0.5) is 0 Å². The molecule has 2 heteroatoms. The van der Waals surface area contributed by atoms with Crippen molar-refractivity contribution >= 4 is 10.8 Å². The molecule has 0 saturated heterocycles. The summed E-state index contributed by atoms with van der Waals surface area (Å²) >= 11 is 0. The zero-order valence-electron chi connectivity index (χ0n) is 9.73. The van der Waals surface area contributed by atoms with Crippen LogP contribution in [0.2, 0.25) is 0 Å². The van der Waals surface area contributed by atoms with Gasteiger partial charge >= 0.3 is 0 Å². The highest BCUT2D eigenvalue weighted by atomic mass is 16.5. The Labute approximate surface area is 101 Å². The smallest absolute Gasteiger partial charge is 0.161 e. The molecule has 2 aromatic rings. The average Bonchev–Trinajstić information content (AvgIpc) is 3.14. The Morgan fingerprint density at radius 3 is 2.53 bits per heavy atom. The van der Waals surface area contributed by atoms with Gasteiger partial charge in [-0.2, -0.15) is 0 Å². The molecule has 0 amide bonds. The second-order valence-corrected chi connectivity index (χ2v) is 4.75. The molecule has 2 nitrogen and oxygen atoms in total. The molecule has 0 radical (unpaired) electrons. The highest BCUT2D eigenvalue weighted by Gasteiger charge is 2.20. The van der Waals surface area contributed by atoms with Crippen LogP contribution in [0.25, 0.3) is 10.8 Å². The fourth-order valence-corrected chi connectivity index (χ4v) is 2.07. The van der Waals surface area contributed by atoms with Gasteiger partial charge in [-0.05, 0) is 35.2 Å². The highest BCUT2D eigenvalue weighted by Crippen LogP contribution is 2.34. The van der Waals surface area contributed by atoms with Crippen molar-refractivity contribution < 1.29 is 9.84 Å². The van der Waals surface area contributed by atoms with Crippen molar-refractivity contribution in [3.63, 3.8) is 0 Å². The van der Waals surface area contributed by atoms with Crippen molar-refractivity contribution in [3.8, 4) is 11.5 Å². The predicted molar refractivity (Wildman–Crippen MR) is 68.4 cm³/mol. The number of hydrogen-bond acceptors (Lipinski definition) is 2. The number of rotatable bonds is 4. The summed E-state index contributed by atoms with van der Waals surface area (Å²) < 4.78 is 5.65. The van der Waals surface area contributed by atoms with E-state index in [1.807, 2.05) is 30.3 Å². The molecule has 1 saturated carbocycles. The first-order valence-electron chi connectivity index (χ1n) is 6.17. The molecular weight excluding hydrogens is 212 g/mol. The first-order chi connectivity index (χ1) is 8.33. The monoisotopic (exact) mass is 228 g/mol. The first-order valence-corrected chi connectivity index (χ1v) is 6.17. The minimum absolute atomic E-state index is 0.236. The fraction of sp³-hybridized carbons (Fsp3) is 0.333. The third kappa shape index (κ3) is 2.36. The van der Waals surface area contributed by atoms with Crippen molar-refractivity contribution in [1.82, 2.24) is 0 Å². The molecule has 1 fully saturated rings. The van der Waals surface area contributed by atoms with Crippen molar-refractivity contribution in [2.75, 3.05) is 6.61 Å². The molecule has 0 aromatic heterocycles. The predicted octanol–water partition coefficient (Wildman–Crippen LogP) is 3.72. The summed E-state index contributed by atoms with van der Waals surface area (Å²) in [6.45, 7) is 0.705. The molecule has 2 aromatic carbocycles. The zero-order chi connectivity index (χ0) is 11.7. The van der Waals surface area contributed by atoms with Gasteiger partial charge in [-0.25, -0.2) is 0 Å². The summed E-state index contributed by atoms with van der Waals surface area (Å²) in [6, 6.07) is 11.7. The Morgan fingerprint density at radius 2 is 1.82 bits per heavy atom. The van der Waals surface area contributed by atoms with Gasteiger partial charge in [-0.15, -0.1) is 0 Å². The van der Waals surface area contributed by atoms with Crippen LogP contribution in [-0.4, -0.2) is 11.7 Å². The minimum atomic E-state index is 0.236. The summed E-state index contributed by atoms with van der Waals surface area (Å²) in [5.41, 5.74) is 0. The van der Waals surface area contributed by atoms with Gasteiger partial charge < -0.3 is 9.84 Å². The number of ether oxygens (including phenoxy) is 1. The van der Waals surface area contributed by atoms with Crippen molar-refractivity contribution in [1.29, 1.82) is 0 Å². The molecule has 1 aliphatic rings. The normalized spacial score (nSPS) is 15.1. The summed E-state index contributed by atoms with van der Waals surface area (Å²) in [6.07, 6.45) is 3.78. The zero-order valence-corrected chi connectivity index (χ0v) is 9.73. The fourth-order valence-electron chi connectivity index (χ4n) is 2.07. The standard InChI is InChI=1S/C15H16O2/c16-14-9-12-3-1-2-4-13(12)10-15(14)17-8-7-11-5-6-11/h1-4,9-11,16H,5-8H2. The quantitative estimate of drug-likeness (QED) is 0.864. The van der Waals surface area contributed by atoms with Crippen LogP contribution >= 0.6 is 0 Å². The molecule has 1 N–H and O–H groups in total. The number of phenols is 1. The second-order valence-electron chi connectivity index (χ2n) is 4.75. The SMILES string of the molecule is Oc1cc2ccccc2cc1OCCC1CC1. The average molecular weight is 228 g/mol. The van der Waals surface area contributed by atoms with E-state index in [-0.39, 0.29) is 5.75 Å². The van der Waals surface area contributed by atoms with E-state index in [0.29, 0.717) is 12.4 Å². The number of hydrogen-bond donors (Lipinski definition) is 1. The van der Waals surface area contributed by atoms with Crippen molar-refractivity contribution in [2.24, 2.45) is 5.92 Å². The van der Waals surface area contributed by atoms with Crippen molar-refractivity contribution in [3.05, 3.63) is 36.4 Å². The van der Waals surface area contributed by atoms with E-state index in [2.05, 4.69) is 0 Å². The summed E-state index contributed by atoms with van der Waals surface area (Å²) in [7, 11) is 0. The Bertz CT molecular complexity index is 529. The molecule has 0 atom stereocenters. The third-order valence-corrected chi connectivity index (χ3v) is 3.31. The molecule has 88 valence electrons. The second kappa shape index (κ2) is 4.28. The molecule has 0 unspecified atom stereocenters. The third-order valence-electron chi connectivity index (χ3n) is 3.31. The molecule has 0 spiro atoms. The molecule has 0 heterocycles. The minimum Gasteiger partial charge on any atom is -0.504 e. The first kappa shape index (κ1) is 10.5. The van der Waals surface area contributed by atoms with Crippen LogP contribution in [0.15, 0.2) is 36.4 Å². The lowest BCUT2D eigenvalue weighted by Crippen LogP contribution is -1.98. The van der Waals surface area contributed by atoms with Crippen LogP contribution in [0, 0.1) is 5.92 Å². The Hall–Kier alpha value is -1.70. The maximum atomic E-state index is 9.86. The van der Waals surface area contributed by atoms with Gasteiger partial charge in [0, 0.05) is 0 Å². The van der Waals surface area contributed by atoms with Gasteiger partial charge in [0.2, 0.25) is 0 Å². The van der Waals surface area contributed by atoms with Crippen LogP contribution < -0.4 is 4.74 Å². The highest BCUT2D eigenvalue weighted by molar-refractivity contribution is 5.85. The Kier molecular flexibility index (Phi) is 2.63. The van der Waals surface area contributed by atoms with Gasteiger partial charge in [0.05, 0.1) is 6.61 Å².